The fourth-order valence-electron chi connectivity index (χ4n) is 4.44. The maximum atomic E-state index is 13.8. The zero-order valence-electron chi connectivity index (χ0n) is 22.6. The molecule has 14 heteroatoms. The van der Waals surface area contributed by atoms with Crippen LogP contribution in [0.3, 0.4) is 0 Å². The summed E-state index contributed by atoms with van der Waals surface area (Å²) in [5.41, 5.74) is 2.81. The number of ether oxygens (including phenoxy) is 1. The largest absolute Gasteiger partial charge is 0.481 e. The van der Waals surface area contributed by atoms with Gasteiger partial charge in [-0.25, -0.2) is 8.78 Å². The van der Waals surface area contributed by atoms with Crippen molar-refractivity contribution in [1.29, 1.82) is 0 Å². The van der Waals surface area contributed by atoms with Crippen molar-refractivity contribution >= 4 is 23.6 Å². The molecule has 0 radical (unpaired) electrons. The van der Waals surface area contributed by atoms with Crippen LogP contribution in [0.4, 0.5) is 17.6 Å². The van der Waals surface area contributed by atoms with Crippen molar-refractivity contribution in [3.05, 3.63) is 83.7 Å². The maximum Gasteiger partial charge on any atom is 0.305 e. The molecule has 0 saturated carbocycles. The molecular weight excluding hydrogens is 576 g/mol. The van der Waals surface area contributed by atoms with Crippen LogP contribution in [0.1, 0.15) is 12.0 Å². The minimum Gasteiger partial charge on any atom is -0.481 e. The molecule has 1 aromatic heterocycles. The average molecular weight is 603 g/mol. The summed E-state index contributed by atoms with van der Waals surface area (Å²) in [7, 11) is 0. The lowest BCUT2D eigenvalue weighted by molar-refractivity contribution is -0.143. The Morgan fingerprint density at radius 2 is 1.67 bits per heavy atom. The van der Waals surface area contributed by atoms with Gasteiger partial charge in [0.15, 0.2) is 23.2 Å². The number of hydrogen-bond acceptors (Lipinski definition) is 7. The number of benzene rings is 2. The van der Waals surface area contributed by atoms with Gasteiger partial charge >= 0.3 is 5.97 Å². The number of carbonyl (C=O) groups excluding carboxylic acids is 3. The number of aromatic nitrogens is 1. The highest BCUT2D eigenvalue weighted by atomic mass is 19.2. The van der Waals surface area contributed by atoms with E-state index in [1.165, 1.54) is 4.90 Å². The predicted octanol–water partition coefficient (Wildman–Crippen LogP) is 2.56. The number of nitrogens with zero attached hydrogens (tertiary/aromatic N) is 3. The Kier molecular flexibility index (Phi) is 10.0. The highest BCUT2D eigenvalue weighted by Gasteiger charge is 2.30. The molecule has 3 aromatic rings. The van der Waals surface area contributed by atoms with Gasteiger partial charge in [-0.15, -0.1) is 0 Å². The summed E-state index contributed by atoms with van der Waals surface area (Å²) in [6.07, 6.45) is 2.52. The van der Waals surface area contributed by atoms with E-state index in [1.807, 2.05) is 41.3 Å². The SMILES string of the molecule is O=C(O)C[C@H](NC(=O)CN1CCN(Cc2cncc(-c3ccccc3)c2)CC1=O)C(=O)COc1c(F)c(F)cc(F)c1F. The summed E-state index contributed by atoms with van der Waals surface area (Å²) in [6.45, 7) is -0.669. The summed E-state index contributed by atoms with van der Waals surface area (Å²) >= 11 is 0. The van der Waals surface area contributed by atoms with Crippen LogP contribution >= 0.6 is 0 Å². The van der Waals surface area contributed by atoms with Crippen LogP contribution in [0.2, 0.25) is 0 Å². The van der Waals surface area contributed by atoms with Crippen molar-refractivity contribution in [1.82, 2.24) is 20.1 Å². The lowest BCUT2D eigenvalue weighted by Gasteiger charge is -2.34. The molecule has 10 nitrogen and oxygen atoms in total. The molecule has 1 saturated heterocycles. The molecule has 0 unspecified atom stereocenters. The van der Waals surface area contributed by atoms with Crippen LogP contribution in [0.5, 0.6) is 5.75 Å². The molecule has 1 atom stereocenters. The molecule has 2 amide bonds. The second-order valence-corrected chi connectivity index (χ2v) is 9.74. The minimum atomic E-state index is -1.89. The van der Waals surface area contributed by atoms with Crippen molar-refractivity contribution in [2.75, 3.05) is 32.8 Å². The van der Waals surface area contributed by atoms with E-state index >= 15 is 0 Å². The van der Waals surface area contributed by atoms with Gasteiger partial charge in [0, 0.05) is 43.7 Å². The molecule has 0 bridgehead atoms. The van der Waals surface area contributed by atoms with E-state index in [2.05, 4.69) is 15.0 Å². The number of piperazine rings is 1. The van der Waals surface area contributed by atoms with Gasteiger partial charge in [-0.3, -0.25) is 29.1 Å². The number of Topliss-reactive ketones (excluding diaryl/α,β-unsaturated/α-hetero) is 1. The molecule has 1 aliphatic rings. The lowest BCUT2D eigenvalue weighted by atomic mass is 10.1. The second kappa shape index (κ2) is 13.9. The second-order valence-electron chi connectivity index (χ2n) is 9.74. The number of carboxylic acid groups (broad SMARTS) is 1. The number of pyridine rings is 1. The summed E-state index contributed by atoms with van der Waals surface area (Å²) < 4.78 is 59.0. The standard InChI is InChI=1S/C29H26F4N4O6/c30-20-9-21(31)28(33)29(27(20)32)43-16-23(38)22(10-26(41)42)35-24(39)14-37-7-6-36(15-25(37)40)13-17-8-19(12-34-11-17)18-4-2-1-3-5-18/h1-5,8-9,11-12,22H,6-7,10,13-16H2,(H,35,39)(H,41,42)/t22-/m0/s1. The Bertz CT molecular complexity index is 1500. The smallest absolute Gasteiger partial charge is 0.305 e. The van der Waals surface area contributed by atoms with Crippen molar-refractivity contribution in [3.63, 3.8) is 0 Å². The first kappa shape index (κ1) is 31.1. The van der Waals surface area contributed by atoms with Crippen LogP contribution in [-0.4, -0.2) is 82.3 Å². The van der Waals surface area contributed by atoms with Crippen molar-refractivity contribution < 1.29 is 46.6 Å². The third-order valence-corrected chi connectivity index (χ3v) is 6.57. The van der Waals surface area contributed by atoms with Gasteiger partial charge in [0.25, 0.3) is 0 Å². The molecule has 1 fully saturated rings. The lowest BCUT2D eigenvalue weighted by Crippen LogP contribution is -2.54. The quantitative estimate of drug-likeness (QED) is 0.239. The van der Waals surface area contributed by atoms with Crippen LogP contribution in [-0.2, 0) is 25.7 Å². The van der Waals surface area contributed by atoms with E-state index in [0.29, 0.717) is 13.1 Å². The summed E-state index contributed by atoms with van der Waals surface area (Å²) in [4.78, 5) is 56.6. The van der Waals surface area contributed by atoms with Crippen LogP contribution in [0, 0.1) is 23.3 Å². The first-order chi connectivity index (χ1) is 20.5. The van der Waals surface area contributed by atoms with E-state index in [1.54, 1.807) is 12.4 Å². The zero-order valence-corrected chi connectivity index (χ0v) is 22.6. The molecule has 0 aliphatic carbocycles. The molecule has 226 valence electrons. The Morgan fingerprint density at radius 3 is 2.33 bits per heavy atom. The summed E-state index contributed by atoms with van der Waals surface area (Å²) in [5, 5.41) is 11.3. The number of rotatable bonds is 12. The maximum absolute atomic E-state index is 13.8. The van der Waals surface area contributed by atoms with Crippen LogP contribution in [0.15, 0.2) is 54.9 Å². The Labute approximate surface area is 242 Å². The van der Waals surface area contributed by atoms with Gasteiger partial charge in [-0.05, 0) is 17.2 Å². The van der Waals surface area contributed by atoms with E-state index < -0.39 is 72.3 Å². The number of nitrogens with one attached hydrogen (secondary N) is 1. The monoisotopic (exact) mass is 602 g/mol. The summed E-state index contributed by atoms with van der Waals surface area (Å²) in [5.74, 6) is -12.7. The fourth-order valence-corrected chi connectivity index (χ4v) is 4.44. The van der Waals surface area contributed by atoms with Gasteiger partial charge < -0.3 is 20.1 Å². The number of hydrogen-bond donors (Lipinski definition) is 2. The molecule has 2 N–H and O–H groups in total. The number of amides is 2. The number of carbonyl (C=O) groups is 4. The molecule has 2 aromatic carbocycles. The normalized spacial score (nSPS) is 14.3. The number of carboxylic acids is 1. The Balaban J connectivity index is 1.31. The summed E-state index contributed by atoms with van der Waals surface area (Å²) in [6, 6.07) is 9.88. The number of aliphatic carboxylic acids is 1. The van der Waals surface area contributed by atoms with Gasteiger partial charge in [-0.2, -0.15) is 8.78 Å². The number of halogens is 4. The fraction of sp³-hybridized carbons (Fsp3) is 0.276. The molecule has 43 heavy (non-hydrogen) atoms. The minimum absolute atomic E-state index is 0.00447. The van der Waals surface area contributed by atoms with Crippen molar-refractivity contribution in [2.24, 2.45) is 0 Å². The van der Waals surface area contributed by atoms with E-state index in [-0.39, 0.29) is 25.1 Å². The van der Waals surface area contributed by atoms with E-state index in [0.717, 1.165) is 16.7 Å². The topological polar surface area (TPSA) is 129 Å². The van der Waals surface area contributed by atoms with E-state index in [4.69, 9.17) is 5.11 Å². The molecule has 2 heterocycles. The average Bonchev–Trinajstić information content (AvgIpc) is 2.97. The van der Waals surface area contributed by atoms with Gasteiger partial charge in [0.1, 0.15) is 12.6 Å². The van der Waals surface area contributed by atoms with Crippen LogP contribution < -0.4 is 10.1 Å². The zero-order chi connectivity index (χ0) is 31.1. The van der Waals surface area contributed by atoms with Gasteiger partial charge in [0.05, 0.1) is 19.5 Å². The first-order valence-electron chi connectivity index (χ1n) is 13.0. The van der Waals surface area contributed by atoms with Crippen molar-refractivity contribution in [3.8, 4) is 16.9 Å². The number of ketones is 1. The molecule has 0 spiro atoms. The Morgan fingerprint density at radius 1 is 0.977 bits per heavy atom. The van der Waals surface area contributed by atoms with Gasteiger partial charge in [0.2, 0.25) is 23.4 Å². The highest BCUT2D eigenvalue weighted by Crippen LogP contribution is 2.26. The van der Waals surface area contributed by atoms with Gasteiger partial charge in [-0.1, -0.05) is 30.3 Å². The molecule has 4 rings (SSSR count). The third kappa shape index (κ3) is 8.13. The highest BCUT2D eigenvalue weighted by molar-refractivity contribution is 5.94. The van der Waals surface area contributed by atoms with Crippen LogP contribution in [0.25, 0.3) is 11.1 Å². The van der Waals surface area contributed by atoms with E-state index in [9.17, 15) is 36.7 Å². The Hall–Kier alpha value is -4.85. The predicted molar refractivity (Wildman–Crippen MR) is 142 cm³/mol. The third-order valence-electron chi connectivity index (χ3n) is 6.57. The van der Waals surface area contributed by atoms with Crippen molar-refractivity contribution in [2.45, 2.75) is 19.0 Å². The molecule has 1 aliphatic heterocycles. The molecular formula is C29H26F4N4O6. The first-order valence-corrected chi connectivity index (χ1v) is 13.0.